The molecule has 1 N–H and O–H groups in total. The van der Waals surface area contributed by atoms with Crippen LogP contribution in [0.1, 0.15) is 12.5 Å². The summed E-state index contributed by atoms with van der Waals surface area (Å²) in [6.07, 6.45) is 3.77. The number of amides is 1. The molecule has 0 bridgehead atoms. The number of piperazine rings is 1. The lowest BCUT2D eigenvalue weighted by Crippen LogP contribution is -2.44. The van der Waals surface area contributed by atoms with E-state index in [0.717, 1.165) is 37.6 Å². The van der Waals surface area contributed by atoms with E-state index in [9.17, 15) is 4.79 Å². The van der Waals surface area contributed by atoms with Crippen LogP contribution in [0.5, 0.6) is 0 Å². The van der Waals surface area contributed by atoms with Crippen LogP contribution in [-0.4, -0.2) is 60.5 Å². The van der Waals surface area contributed by atoms with Crippen molar-refractivity contribution >= 4 is 23.5 Å². The number of carbonyl (C=O) groups excluding carboxylic acids is 1. The fraction of sp³-hybridized carbons (Fsp3) is 0.600. The molecular weight excluding hydrogens is 284 g/mol. The number of anilines is 1. The molecule has 5 nitrogen and oxygen atoms in total. The largest absolute Gasteiger partial charge is 0.354 e. The van der Waals surface area contributed by atoms with Crippen LogP contribution in [0.25, 0.3) is 0 Å². The van der Waals surface area contributed by atoms with Crippen LogP contribution in [0.4, 0.5) is 5.82 Å². The molecule has 1 atom stereocenters. The summed E-state index contributed by atoms with van der Waals surface area (Å²) in [4.78, 5) is 20.9. The topological polar surface area (TPSA) is 48.5 Å². The van der Waals surface area contributed by atoms with Gasteiger partial charge in [0, 0.05) is 38.9 Å². The van der Waals surface area contributed by atoms with E-state index in [4.69, 9.17) is 0 Å². The molecule has 2 heterocycles. The summed E-state index contributed by atoms with van der Waals surface area (Å²) in [5, 5.41) is 2.96. The first kappa shape index (κ1) is 16.1. The molecule has 0 aliphatic carbocycles. The van der Waals surface area contributed by atoms with E-state index < -0.39 is 0 Å². The molecule has 21 heavy (non-hydrogen) atoms. The van der Waals surface area contributed by atoms with Crippen molar-refractivity contribution in [3.8, 4) is 0 Å². The van der Waals surface area contributed by atoms with Gasteiger partial charge in [-0.15, -0.1) is 0 Å². The molecule has 116 valence electrons. The van der Waals surface area contributed by atoms with E-state index >= 15 is 0 Å². The molecule has 1 fully saturated rings. The second kappa shape index (κ2) is 7.66. The minimum Gasteiger partial charge on any atom is -0.354 e. The zero-order valence-electron chi connectivity index (χ0n) is 13.0. The van der Waals surface area contributed by atoms with Crippen LogP contribution in [0.3, 0.4) is 0 Å². The Balaban J connectivity index is 1.93. The number of hydrogen-bond donors (Lipinski definition) is 1. The first-order valence-electron chi connectivity index (χ1n) is 7.29. The lowest BCUT2D eigenvalue weighted by atomic mass is 10.2. The van der Waals surface area contributed by atoms with Crippen LogP contribution in [0.15, 0.2) is 18.3 Å². The maximum atomic E-state index is 11.8. The molecule has 1 aliphatic heterocycles. The Kier molecular flexibility index (Phi) is 5.87. The van der Waals surface area contributed by atoms with Crippen molar-refractivity contribution in [2.45, 2.75) is 18.7 Å². The van der Waals surface area contributed by atoms with Crippen molar-refractivity contribution in [3.05, 3.63) is 23.9 Å². The molecule has 0 spiro atoms. The Labute approximate surface area is 131 Å². The highest BCUT2D eigenvalue weighted by Gasteiger charge is 2.16. The summed E-state index contributed by atoms with van der Waals surface area (Å²) in [7, 11) is 2.14. The van der Waals surface area contributed by atoms with Gasteiger partial charge in [-0.3, -0.25) is 4.79 Å². The molecule has 1 aromatic heterocycles. The van der Waals surface area contributed by atoms with Crippen LogP contribution < -0.4 is 10.2 Å². The van der Waals surface area contributed by atoms with Crippen molar-refractivity contribution in [1.82, 2.24) is 15.2 Å². The molecule has 0 saturated carbocycles. The average Bonchev–Trinajstić information content (AvgIpc) is 2.52. The number of nitrogens with zero attached hydrogens (tertiary/aromatic N) is 3. The Morgan fingerprint density at radius 2 is 2.14 bits per heavy atom. The van der Waals surface area contributed by atoms with E-state index in [1.165, 1.54) is 0 Å². The third-order valence-corrected chi connectivity index (χ3v) is 4.75. The minimum atomic E-state index is -0.0102. The third-order valence-electron chi connectivity index (χ3n) is 3.83. The summed E-state index contributed by atoms with van der Waals surface area (Å²) < 4.78 is 0. The van der Waals surface area contributed by atoms with Gasteiger partial charge in [0.05, 0.1) is 5.25 Å². The summed E-state index contributed by atoms with van der Waals surface area (Å²) in [5.41, 5.74) is 1.10. The number of thioether (sulfide) groups is 1. The lowest BCUT2D eigenvalue weighted by molar-refractivity contribution is -0.120. The molecule has 1 aromatic rings. The molecular formula is C15H24N4OS. The quantitative estimate of drug-likeness (QED) is 0.886. The number of likely N-dealkylation sites (N-methyl/N-ethyl adjacent to an activating group) is 1. The highest BCUT2D eigenvalue weighted by molar-refractivity contribution is 7.99. The average molecular weight is 308 g/mol. The summed E-state index contributed by atoms with van der Waals surface area (Å²) >= 11 is 1.56. The normalized spacial score (nSPS) is 17.6. The summed E-state index contributed by atoms with van der Waals surface area (Å²) in [6, 6.07) is 4.04. The Morgan fingerprint density at radius 1 is 1.43 bits per heavy atom. The van der Waals surface area contributed by atoms with E-state index in [0.29, 0.717) is 6.54 Å². The molecule has 1 saturated heterocycles. The van der Waals surface area contributed by atoms with Gasteiger partial charge in [-0.25, -0.2) is 4.98 Å². The van der Waals surface area contributed by atoms with Crippen LogP contribution in [0, 0.1) is 0 Å². The predicted octanol–water partition coefficient (Wildman–Crippen LogP) is 1.20. The van der Waals surface area contributed by atoms with Gasteiger partial charge in [-0.2, -0.15) is 11.8 Å². The van der Waals surface area contributed by atoms with Gasteiger partial charge >= 0.3 is 0 Å². The number of rotatable bonds is 5. The van der Waals surface area contributed by atoms with Crippen LogP contribution in [-0.2, 0) is 11.3 Å². The van der Waals surface area contributed by atoms with Crippen molar-refractivity contribution < 1.29 is 4.79 Å². The van der Waals surface area contributed by atoms with Gasteiger partial charge < -0.3 is 15.1 Å². The summed E-state index contributed by atoms with van der Waals surface area (Å²) in [5.74, 6) is 1.09. The zero-order valence-corrected chi connectivity index (χ0v) is 13.8. The summed E-state index contributed by atoms with van der Waals surface area (Å²) in [6.45, 7) is 6.61. The van der Waals surface area contributed by atoms with Crippen molar-refractivity contribution in [2.24, 2.45) is 0 Å². The van der Waals surface area contributed by atoms with Gasteiger partial charge in [0.2, 0.25) is 5.91 Å². The van der Waals surface area contributed by atoms with E-state index in [1.807, 2.05) is 25.4 Å². The molecule has 0 aromatic carbocycles. The minimum absolute atomic E-state index is 0.0102. The van der Waals surface area contributed by atoms with Crippen molar-refractivity contribution in [2.75, 3.05) is 44.4 Å². The smallest absolute Gasteiger partial charge is 0.233 e. The second-order valence-electron chi connectivity index (χ2n) is 5.41. The molecule has 1 aliphatic rings. The van der Waals surface area contributed by atoms with Gasteiger partial charge in [0.15, 0.2) is 0 Å². The van der Waals surface area contributed by atoms with Crippen molar-refractivity contribution in [3.63, 3.8) is 0 Å². The highest BCUT2D eigenvalue weighted by Crippen LogP contribution is 2.15. The van der Waals surface area contributed by atoms with E-state index in [1.54, 1.807) is 11.8 Å². The Bertz CT molecular complexity index is 474. The van der Waals surface area contributed by atoms with Crippen LogP contribution >= 0.6 is 11.8 Å². The fourth-order valence-electron chi connectivity index (χ4n) is 2.22. The maximum absolute atomic E-state index is 11.8. The molecule has 0 unspecified atom stereocenters. The van der Waals surface area contributed by atoms with Crippen LogP contribution in [0.2, 0.25) is 0 Å². The molecule has 0 radical (unpaired) electrons. The molecule has 1 amide bonds. The zero-order chi connectivity index (χ0) is 15.2. The highest BCUT2D eigenvalue weighted by atomic mass is 32.2. The first-order valence-corrected chi connectivity index (χ1v) is 8.58. The van der Waals surface area contributed by atoms with E-state index in [2.05, 4.69) is 33.2 Å². The predicted molar refractivity (Wildman–Crippen MR) is 88.8 cm³/mol. The SMILES string of the molecule is CS[C@H](C)C(=O)NCc1ccnc(N2CCN(C)CC2)c1. The van der Waals surface area contributed by atoms with E-state index in [-0.39, 0.29) is 11.2 Å². The molecule has 6 heteroatoms. The van der Waals surface area contributed by atoms with Gasteiger partial charge in [0.1, 0.15) is 5.82 Å². The lowest BCUT2D eigenvalue weighted by Gasteiger charge is -2.33. The number of hydrogen-bond acceptors (Lipinski definition) is 5. The fourth-order valence-corrected chi connectivity index (χ4v) is 2.52. The monoisotopic (exact) mass is 308 g/mol. The standard InChI is InChI=1S/C15H24N4OS/c1-12(21-3)15(20)17-11-13-4-5-16-14(10-13)19-8-6-18(2)7-9-19/h4-5,10,12H,6-9,11H2,1-3H3,(H,17,20)/t12-/m1/s1. The number of carbonyl (C=O) groups is 1. The first-order chi connectivity index (χ1) is 10.1. The Morgan fingerprint density at radius 3 is 2.81 bits per heavy atom. The van der Waals surface area contributed by atoms with Gasteiger partial charge in [-0.05, 0) is 37.9 Å². The number of aromatic nitrogens is 1. The number of nitrogens with one attached hydrogen (secondary N) is 1. The third kappa shape index (κ3) is 4.61. The molecule has 2 rings (SSSR count). The van der Waals surface area contributed by atoms with Gasteiger partial charge in [-0.1, -0.05) is 0 Å². The van der Waals surface area contributed by atoms with Gasteiger partial charge in [0.25, 0.3) is 0 Å². The van der Waals surface area contributed by atoms with Crippen molar-refractivity contribution in [1.29, 1.82) is 0 Å². The second-order valence-corrected chi connectivity index (χ2v) is 6.59. The number of pyridine rings is 1. The maximum Gasteiger partial charge on any atom is 0.233 e. The Hall–Kier alpha value is -1.27.